The topological polar surface area (TPSA) is 78.3 Å². The smallest absolute Gasteiger partial charge is 0.349 e. The molecule has 3 aromatic rings. The summed E-state index contributed by atoms with van der Waals surface area (Å²) in [6, 6.07) is 8.29. The first-order chi connectivity index (χ1) is 11.4. The highest BCUT2D eigenvalue weighted by Gasteiger charge is 2.33. The molecule has 0 aliphatic rings. The number of aromatic amines is 2. The predicted octanol–water partition coefficient (Wildman–Crippen LogP) is 4.14. The van der Waals surface area contributed by atoms with Crippen LogP contribution < -0.4 is 5.56 Å². The van der Waals surface area contributed by atoms with Crippen molar-refractivity contribution in [3.05, 3.63) is 58.5 Å². The number of nitrogens with zero attached hydrogens (tertiary/aromatic N) is 3. The standard InChI is InChI=1S/C15H12F3N5O/c1-23-8-4-7-11(23)12-13(14(24)22-20-12)21-19-10-6-3-2-5-9(10)15(16,17)18/h2-8H,1H3,(H2,20,22,24). The van der Waals surface area contributed by atoms with E-state index < -0.39 is 17.3 Å². The minimum Gasteiger partial charge on any atom is -0.349 e. The van der Waals surface area contributed by atoms with E-state index in [0.717, 1.165) is 6.07 Å². The fourth-order valence-electron chi connectivity index (χ4n) is 2.26. The monoisotopic (exact) mass is 335 g/mol. The number of hydrogen-bond donors (Lipinski definition) is 2. The van der Waals surface area contributed by atoms with Crippen LogP contribution in [0.4, 0.5) is 24.5 Å². The molecule has 0 bridgehead atoms. The van der Waals surface area contributed by atoms with Gasteiger partial charge in [0, 0.05) is 13.2 Å². The van der Waals surface area contributed by atoms with Crippen molar-refractivity contribution in [3.63, 3.8) is 0 Å². The lowest BCUT2D eigenvalue weighted by Gasteiger charge is -2.08. The molecule has 0 atom stereocenters. The molecular weight excluding hydrogens is 323 g/mol. The minimum absolute atomic E-state index is 0.0891. The van der Waals surface area contributed by atoms with Crippen molar-refractivity contribution in [2.45, 2.75) is 6.18 Å². The van der Waals surface area contributed by atoms with Gasteiger partial charge in [0.25, 0.3) is 5.56 Å². The van der Waals surface area contributed by atoms with Crippen molar-refractivity contribution < 1.29 is 13.2 Å². The number of alkyl halides is 3. The second kappa shape index (κ2) is 5.84. The van der Waals surface area contributed by atoms with E-state index in [9.17, 15) is 18.0 Å². The Kier molecular flexibility index (Phi) is 3.84. The normalized spacial score (nSPS) is 12.2. The van der Waals surface area contributed by atoms with Gasteiger partial charge in [-0.05, 0) is 24.3 Å². The van der Waals surface area contributed by atoms with E-state index in [1.165, 1.54) is 18.2 Å². The molecule has 0 spiro atoms. The number of rotatable bonds is 3. The molecule has 9 heteroatoms. The van der Waals surface area contributed by atoms with E-state index in [1.54, 1.807) is 29.9 Å². The molecule has 2 aromatic heterocycles. The Hall–Kier alpha value is -3.10. The largest absolute Gasteiger partial charge is 0.418 e. The summed E-state index contributed by atoms with van der Waals surface area (Å²) in [7, 11) is 1.76. The third-order valence-electron chi connectivity index (χ3n) is 3.42. The predicted molar refractivity (Wildman–Crippen MR) is 81.4 cm³/mol. The van der Waals surface area contributed by atoms with Crippen molar-refractivity contribution >= 4 is 11.4 Å². The molecule has 6 nitrogen and oxygen atoms in total. The lowest BCUT2D eigenvalue weighted by Crippen LogP contribution is -2.04. The van der Waals surface area contributed by atoms with Crippen LogP contribution in [0.25, 0.3) is 11.4 Å². The maximum Gasteiger partial charge on any atom is 0.418 e. The highest BCUT2D eigenvalue weighted by atomic mass is 19.4. The molecule has 0 unspecified atom stereocenters. The molecular formula is C15H12F3N5O. The Morgan fingerprint density at radius 3 is 2.46 bits per heavy atom. The molecule has 0 saturated heterocycles. The number of H-pyrrole nitrogens is 2. The van der Waals surface area contributed by atoms with Crippen LogP contribution in [0.2, 0.25) is 0 Å². The molecule has 24 heavy (non-hydrogen) atoms. The van der Waals surface area contributed by atoms with Gasteiger partial charge in [0.15, 0.2) is 5.69 Å². The van der Waals surface area contributed by atoms with Crippen LogP contribution in [-0.4, -0.2) is 14.8 Å². The summed E-state index contributed by atoms with van der Waals surface area (Å²) in [4.78, 5) is 11.9. The van der Waals surface area contributed by atoms with Crippen molar-refractivity contribution in [3.8, 4) is 11.4 Å². The molecule has 0 saturated carbocycles. The quantitative estimate of drug-likeness (QED) is 0.693. The highest BCUT2D eigenvalue weighted by Crippen LogP contribution is 2.37. The van der Waals surface area contributed by atoms with Crippen LogP contribution in [0, 0.1) is 0 Å². The molecule has 0 radical (unpaired) electrons. The lowest BCUT2D eigenvalue weighted by atomic mass is 10.2. The Bertz CT molecular complexity index is 948. The number of hydrogen-bond acceptors (Lipinski definition) is 3. The van der Waals surface area contributed by atoms with Gasteiger partial charge in [-0.25, -0.2) is 0 Å². The molecule has 0 aliphatic carbocycles. The van der Waals surface area contributed by atoms with Crippen LogP contribution in [0.5, 0.6) is 0 Å². The van der Waals surface area contributed by atoms with Gasteiger partial charge in [0.05, 0.1) is 16.9 Å². The summed E-state index contributed by atoms with van der Waals surface area (Å²) in [6.45, 7) is 0. The van der Waals surface area contributed by atoms with Gasteiger partial charge in [0.2, 0.25) is 0 Å². The summed E-state index contributed by atoms with van der Waals surface area (Å²) in [6.07, 6.45) is -2.79. The van der Waals surface area contributed by atoms with Crippen molar-refractivity contribution in [2.24, 2.45) is 17.3 Å². The second-order valence-corrected chi connectivity index (χ2v) is 5.02. The number of nitrogens with one attached hydrogen (secondary N) is 2. The zero-order valence-corrected chi connectivity index (χ0v) is 12.4. The summed E-state index contributed by atoms with van der Waals surface area (Å²) in [5.74, 6) is 0. The van der Waals surface area contributed by atoms with Crippen LogP contribution in [0.15, 0.2) is 57.6 Å². The fraction of sp³-hybridized carbons (Fsp3) is 0.133. The van der Waals surface area contributed by atoms with Crippen LogP contribution >= 0.6 is 0 Å². The Morgan fingerprint density at radius 1 is 1.04 bits per heavy atom. The van der Waals surface area contributed by atoms with E-state index in [-0.39, 0.29) is 11.4 Å². The van der Waals surface area contributed by atoms with E-state index in [1.807, 2.05) is 0 Å². The van der Waals surface area contributed by atoms with E-state index in [0.29, 0.717) is 11.4 Å². The van der Waals surface area contributed by atoms with Gasteiger partial charge in [-0.15, -0.1) is 10.2 Å². The Morgan fingerprint density at radius 2 is 1.79 bits per heavy atom. The first kappa shape index (κ1) is 15.8. The SMILES string of the molecule is Cn1cccc1-c1[nH][nH]c(=O)c1N=Nc1ccccc1C(F)(F)F. The molecule has 124 valence electrons. The van der Waals surface area contributed by atoms with Gasteiger partial charge in [-0.3, -0.25) is 15.0 Å². The summed E-state index contributed by atoms with van der Waals surface area (Å²) in [5, 5.41) is 12.4. The van der Waals surface area contributed by atoms with Gasteiger partial charge in [-0.1, -0.05) is 12.1 Å². The van der Waals surface area contributed by atoms with E-state index in [2.05, 4.69) is 20.4 Å². The molecule has 0 aliphatic heterocycles. The molecule has 1 aromatic carbocycles. The molecule has 2 N–H and O–H groups in total. The van der Waals surface area contributed by atoms with Gasteiger partial charge in [-0.2, -0.15) is 13.2 Å². The second-order valence-electron chi connectivity index (χ2n) is 5.02. The van der Waals surface area contributed by atoms with Crippen LogP contribution in [-0.2, 0) is 13.2 Å². The van der Waals surface area contributed by atoms with Crippen molar-refractivity contribution in [1.29, 1.82) is 0 Å². The molecule has 0 fully saturated rings. The number of azo groups is 1. The number of aryl methyl sites for hydroxylation is 1. The average Bonchev–Trinajstić information content (AvgIpc) is 3.10. The molecule has 0 amide bonds. The van der Waals surface area contributed by atoms with E-state index in [4.69, 9.17) is 0 Å². The number of aromatic nitrogens is 3. The lowest BCUT2D eigenvalue weighted by molar-refractivity contribution is -0.137. The minimum atomic E-state index is -4.55. The number of benzene rings is 1. The first-order valence-corrected chi connectivity index (χ1v) is 6.88. The van der Waals surface area contributed by atoms with Crippen molar-refractivity contribution in [2.75, 3.05) is 0 Å². The zero-order chi connectivity index (χ0) is 17.3. The highest BCUT2D eigenvalue weighted by molar-refractivity contribution is 5.68. The summed E-state index contributed by atoms with van der Waals surface area (Å²) < 4.78 is 40.6. The average molecular weight is 335 g/mol. The third-order valence-corrected chi connectivity index (χ3v) is 3.42. The Balaban J connectivity index is 2.05. The number of halogens is 3. The zero-order valence-electron chi connectivity index (χ0n) is 12.4. The van der Waals surface area contributed by atoms with Gasteiger partial charge < -0.3 is 4.57 Å². The first-order valence-electron chi connectivity index (χ1n) is 6.88. The summed E-state index contributed by atoms with van der Waals surface area (Å²) >= 11 is 0. The third kappa shape index (κ3) is 2.87. The van der Waals surface area contributed by atoms with Crippen LogP contribution in [0.3, 0.4) is 0 Å². The van der Waals surface area contributed by atoms with Crippen molar-refractivity contribution in [1.82, 2.24) is 14.8 Å². The van der Waals surface area contributed by atoms with Gasteiger partial charge >= 0.3 is 6.18 Å². The van der Waals surface area contributed by atoms with Crippen LogP contribution in [0.1, 0.15) is 5.56 Å². The maximum atomic E-state index is 13.0. The Labute approximate surface area is 133 Å². The molecule has 3 rings (SSSR count). The maximum absolute atomic E-state index is 13.0. The molecule has 2 heterocycles. The summed E-state index contributed by atoms with van der Waals surface area (Å²) in [5.41, 5.74) is -0.940. The fourth-order valence-corrected chi connectivity index (χ4v) is 2.26. The van der Waals surface area contributed by atoms with Gasteiger partial charge in [0.1, 0.15) is 5.69 Å². The van der Waals surface area contributed by atoms with E-state index >= 15 is 0 Å².